The lowest BCUT2D eigenvalue weighted by atomic mass is 10.2. The second-order valence-electron chi connectivity index (χ2n) is 5.46. The number of rotatable bonds is 4. The van der Waals surface area contributed by atoms with Gasteiger partial charge in [0.15, 0.2) is 0 Å². The van der Waals surface area contributed by atoms with Crippen molar-refractivity contribution in [2.45, 2.75) is 45.7 Å². The maximum atomic E-state index is 3.72. The van der Waals surface area contributed by atoms with Crippen molar-refractivity contribution in [3.63, 3.8) is 0 Å². The van der Waals surface area contributed by atoms with E-state index in [2.05, 4.69) is 31.0 Å². The van der Waals surface area contributed by atoms with Crippen LogP contribution in [0, 0.1) is 11.8 Å². The van der Waals surface area contributed by atoms with Gasteiger partial charge in [-0.05, 0) is 51.6 Å². The van der Waals surface area contributed by atoms with Crippen molar-refractivity contribution in [3.8, 4) is 0 Å². The summed E-state index contributed by atoms with van der Waals surface area (Å²) in [5.74, 6) is 1.98. The monoisotopic (exact) mass is 196 g/mol. The van der Waals surface area contributed by atoms with Crippen LogP contribution in [0.15, 0.2) is 0 Å². The minimum Gasteiger partial charge on any atom is -0.312 e. The summed E-state index contributed by atoms with van der Waals surface area (Å²) in [5.41, 5.74) is 0. The fourth-order valence-corrected chi connectivity index (χ4v) is 2.42. The lowest BCUT2D eigenvalue weighted by Gasteiger charge is -2.20. The van der Waals surface area contributed by atoms with Crippen LogP contribution in [0.3, 0.4) is 0 Å². The smallest absolute Gasteiger partial charge is 0.0207 e. The Morgan fingerprint density at radius 2 is 2.14 bits per heavy atom. The highest BCUT2D eigenvalue weighted by Gasteiger charge is 2.33. The van der Waals surface area contributed by atoms with Crippen molar-refractivity contribution in [2.24, 2.45) is 11.8 Å². The van der Waals surface area contributed by atoms with Crippen molar-refractivity contribution in [1.29, 1.82) is 0 Å². The Morgan fingerprint density at radius 3 is 2.64 bits per heavy atom. The SMILES string of the molecule is CC1CC1CNC1CCN(C(C)C)C1. The summed E-state index contributed by atoms with van der Waals surface area (Å²) < 4.78 is 0. The number of hydrogen-bond donors (Lipinski definition) is 1. The van der Waals surface area contributed by atoms with Gasteiger partial charge in [0.2, 0.25) is 0 Å². The predicted molar refractivity (Wildman–Crippen MR) is 60.4 cm³/mol. The van der Waals surface area contributed by atoms with Crippen LogP contribution in [0.4, 0.5) is 0 Å². The number of nitrogens with zero attached hydrogens (tertiary/aromatic N) is 1. The molecule has 0 aromatic heterocycles. The third-order valence-electron chi connectivity index (χ3n) is 3.89. The fraction of sp³-hybridized carbons (Fsp3) is 1.00. The molecule has 1 aliphatic heterocycles. The summed E-state index contributed by atoms with van der Waals surface area (Å²) in [5, 5.41) is 3.72. The van der Waals surface area contributed by atoms with E-state index in [9.17, 15) is 0 Å². The van der Waals surface area contributed by atoms with E-state index in [0.29, 0.717) is 0 Å². The number of likely N-dealkylation sites (tertiary alicyclic amines) is 1. The molecule has 0 amide bonds. The van der Waals surface area contributed by atoms with Gasteiger partial charge in [-0.3, -0.25) is 4.90 Å². The molecule has 1 heterocycles. The first-order valence-electron chi connectivity index (χ1n) is 6.14. The average Bonchev–Trinajstić information content (AvgIpc) is 2.68. The predicted octanol–water partition coefficient (Wildman–Crippen LogP) is 1.71. The largest absolute Gasteiger partial charge is 0.312 e. The third kappa shape index (κ3) is 2.48. The first kappa shape index (κ1) is 10.4. The summed E-state index contributed by atoms with van der Waals surface area (Å²) in [6, 6.07) is 1.49. The van der Waals surface area contributed by atoms with E-state index in [-0.39, 0.29) is 0 Å². The summed E-state index contributed by atoms with van der Waals surface area (Å²) >= 11 is 0. The van der Waals surface area contributed by atoms with Gasteiger partial charge in [0.1, 0.15) is 0 Å². The van der Waals surface area contributed by atoms with Crippen molar-refractivity contribution in [2.75, 3.05) is 19.6 Å². The zero-order valence-electron chi connectivity index (χ0n) is 9.79. The van der Waals surface area contributed by atoms with Gasteiger partial charge in [-0.25, -0.2) is 0 Å². The maximum absolute atomic E-state index is 3.72. The van der Waals surface area contributed by atoms with Crippen LogP contribution >= 0.6 is 0 Å². The Morgan fingerprint density at radius 1 is 1.43 bits per heavy atom. The van der Waals surface area contributed by atoms with E-state index in [1.807, 2.05) is 0 Å². The van der Waals surface area contributed by atoms with Crippen LogP contribution in [-0.2, 0) is 0 Å². The van der Waals surface area contributed by atoms with Gasteiger partial charge in [0.25, 0.3) is 0 Å². The molecule has 3 unspecified atom stereocenters. The number of nitrogens with one attached hydrogen (secondary N) is 1. The van der Waals surface area contributed by atoms with Crippen molar-refractivity contribution >= 4 is 0 Å². The van der Waals surface area contributed by atoms with Crippen molar-refractivity contribution < 1.29 is 0 Å². The molecule has 0 bridgehead atoms. The van der Waals surface area contributed by atoms with Gasteiger partial charge < -0.3 is 5.32 Å². The molecule has 82 valence electrons. The molecular formula is C12H24N2. The van der Waals surface area contributed by atoms with Crippen LogP contribution in [0.2, 0.25) is 0 Å². The average molecular weight is 196 g/mol. The molecule has 0 spiro atoms. The lowest BCUT2D eigenvalue weighted by Crippen LogP contribution is -2.36. The molecule has 1 saturated heterocycles. The van der Waals surface area contributed by atoms with E-state index < -0.39 is 0 Å². The molecule has 2 fully saturated rings. The molecular weight excluding hydrogens is 172 g/mol. The lowest BCUT2D eigenvalue weighted by molar-refractivity contribution is 0.268. The fourth-order valence-electron chi connectivity index (χ4n) is 2.42. The Bertz CT molecular complexity index is 191. The molecule has 0 radical (unpaired) electrons. The van der Waals surface area contributed by atoms with E-state index in [1.54, 1.807) is 0 Å². The topological polar surface area (TPSA) is 15.3 Å². The zero-order valence-corrected chi connectivity index (χ0v) is 9.79. The minimum atomic E-state index is 0.724. The number of hydrogen-bond acceptors (Lipinski definition) is 2. The highest BCUT2D eigenvalue weighted by atomic mass is 15.2. The zero-order chi connectivity index (χ0) is 10.1. The minimum absolute atomic E-state index is 0.724. The van der Waals surface area contributed by atoms with E-state index in [1.165, 1.54) is 32.5 Å². The van der Waals surface area contributed by atoms with Gasteiger partial charge in [-0.2, -0.15) is 0 Å². The molecule has 0 aromatic rings. The van der Waals surface area contributed by atoms with Crippen LogP contribution in [0.1, 0.15) is 33.6 Å². The first-order valence-corrected chi connectivity index (χ1v) is 6.14. The van der Waals surface area contributed by atoms with Crippen LogP contribution in [0.25, 0.3) is 0 Å². The standard InChI is InChI=1S/C12H24N2/c1-9(2)14-5-4-12(8-14)13-7-11-6-10(11)3/h9-13H,4-8H2,1-3H3. The Hall–Kier alpha value is -0.0800. The molecule has 0 aromatic carbocycles. The van der Waals surface area contributed by atoms with Gasteiger partial charge >= 0.3 is 0 Å². The summed E-state index contributed by atoms with van der Waals surface area (Å²) in [7, 11) is 0. The van der Waals surface area contributed by atoms with Crippen LogP contribution in [0.5, 0.6) is 0 Å². The summed E-state index contributed by atoms with van der Waals surface area (Å²) in [6.07, 6.45) is 2.80. The van der Waals surface area contributed by atoms with Gasteiger partial charge in [0, 0.05) is 18.6 Å². The molecule has 1 N–H and O–H groups in total. The molecule has 2 nitrogen and oxygen atoms in total. The van der Waals surface area contributed by atoms with E-state index in [4.69, 9.17) is 0 Å². The van der Waals surface area contributed by atoms with E-state index >= 15 is 0 Å². The Labute approximate surface area is 88.1 Å². The molecule has 14 heavy (non-hydrogen) atoms. The van der Waals surface area contributed by atoms with Crippen LogP contribution in [-0.4, -0.2) is 36.6 Å². The summed E-state index contributed by atoms with van der Waals surface area (Å²) in [4.78, 5) is 2.58. The molecule has 2 rings (SSSR count). The maximum Gasteiger partial charge on any atom is 0.0207 e. The van der Waals surface area contributed by atoms with Crippen molar-refractivity contribution in [3.05, 3.63) is 0 Å². The second kappa shape index (κ2) is 4.19. The highest BCUT2D eigenvalue weighted by Crippen LogP contribution is 2.36. The Kier molecular flexibility index (Phi) is 3.13. The summed E-state index contributed by atoms with van der Waals surface area (Å²) in [6.45, 7) is 10.8. The quantitative estimate of drug-likeness (QED) is 0.736. The van der Waals surface area contributed by atoms with Gasteiger partial charge in [0.05, 0.1) is 0 Å². The molecule has 3 atom stereocenters. The highest BCUT2D eigenvalue weighted by molar-refractivity contribution is 4.88. The molecule has 2 aliphatic rings. The van der Waals surface area contributed by atoms with Gasteiger partial charge in [-0.15, -0.1) is 0 Å². The second-order valence-corrected chi connectivity index (χ2v) is 5.46. The molecule has 2 heteroatoms. The molecule has 1 aliphatic carbocycles. The first-order chi connectivity index (χ1) is 6.66. The van der Waals surface area contributed by atoms with E-state index in [0.717, 1.165) is 23.9 Å². The normalized spacial score (nSPS) is 38.1. The molecule has 1 saturated carbocycles. The van der Waals surface area contributed by atoms with Crippen LogP contribution < -0.4 is 5.32 Å². The third-order valence-corrected chi connectivity index (χ3v) is 3.89. The van der Waals surface area contributed by atoms with Crippen molar-refractivity contribution in [1.82, 2.24) is 10.2 Å². The van der Waals surface area contributed by atoms with Gasteiger partial charge in [-0.1, -0.05) is 6.92 Å². The Balaban J connectivity index is 1.63.